The number of halogens is 1. The maximum atomic E-state index is 6.10. The molecule has 0 bridgehead atoms. The van der Waals surface area contributed by atoms with Crippen molar-refractivity contribution in [2.75, 3.05) is 0 Å². The average Bonchev–Trinajstić information content (AvgIpc) is 2.75. The smallest absolute Gasteiger partial charge is 0.0772 e. The lowest BCUT2D eigenvalue weighted by atomic mass is 10.1. The van der Waals surface area contributed by atoms with Crippen molar-refractivity contribution in [3.05, 3.63) is 31.4 Å². The fourth-order valence-corrected chi connectivity index (χ4v) is 3.53. The first kappa shape index (κ1) is 11.2. The molecule has 0 saturated carbocycles. The Hall–Kier alpha value is -0.300. The van der Waals surface area contributed by atoms with Crippen molar-refractivity contribution in [3.8, 4) is 0 Å². The molecule has 0 amide bonds. The molecular formula is C9H10BrN3S2. The van der Waals surface area contributed by atoms with E-state index in [1.807, 2.05) is 13.0 Å². The third-order valence-electron chi connectivity index (χ3n) is 2.07. The zero-order valence-electron chi connectivity index (χ0n) is 8.11. The molecule has 3 nitrogen and oxygen atoms in total. The second-order valence-corrected chi connectivity index (χ2v) is 6.57. The van der Waals surface area contributed by atoms with E-state index < -0.39 is 0 Å². The Morgan fingerprint density at radius 2 is 2.33 bits per heavy atom. The molecule has 0 radical (unpaired) electrons. The molecule has 1 unspecified atom stereocenters. The number of hydrogen-bond donors (Lipinski definition) is 1. The molecule has 1 atom stereocenters. The summed E-state index contributed by atoms with van der Waals surface area (Å²) >= 11 is 6.55. The largest absolute Gasteiger partial charge is 0.323 e. The predicted octanol–water partition coefficient (Wildman–Crippen LogP) is 2.91. The van der Waals surface area contributed by atoms with Gasteiger partial charge in [0.25, 0.3) is 0 Å². The molecule has 0 aliphatic rings. The van der Waals surface area contributed by atoms with E-state index in [0.717, 1.165) is 20.8 Å². The van der Waals surface area contributed by atoms with Gasteiger partial charge in [-0.1, -0.05) is 4.49 Å². The summed E-state index contributed by atoms with van der Waals surface area (Å²) in [4.78, 5) is 2.36. The van der Waals surface area contributed by atoms with E-state index in [2.05, 4.69) is 31.6 Å². The number of aromatic nitrogens is 2. The summed E-state index contributed by atoms with van der Waals surface area (Å²) < 4.78 is 5.04. The fraction of sp³-hybridized carbons (Fsp3) is 0.333. The van der Waals surface area contributed by atoms with Crippen LogP contribution in [0.3, 0.4) is 0 Å². The van der Waals surface area contributed by atoms with Gasteiger partial charge in [0.2, 0.25) is 0 Å². The minimum Gasteiger partial charge on any atom is -0.323 e. The molecule has 6 heteroatoms. The second-order valence-electron chi connectivity index (χ2n) is 3.24. The molecule has 0 aromatic carbocycles. The van der Waals surface area contributed by atoms with E-state index in [1.165, 1.54) is 16.4 Å². The monoisotopic (exact) mass is 303 g/mol. The van der Waals surface area contributed by atoms with Crippen LogP contribution >= 0.6 is 38.8 Å². The van der Waals surface area contributed by atoms with Crippen molar-refractivity contribution >= 4 is 38.8 Å². The molecule has 0 fully saturated rings. The first-order valence-electron chi connectivity index (χ1n) is 4.45. The Bertz CT molecular complexity index is 452. The molecular weight excluding hydrogens is 294 g/mol. The Balaban J connectivity index is 2.10. The summed E-state index contributed by atoms with van der Waals surface area (Å²) in [5.74, 6) is 0. The Morgan fingerprint density at radius 1 is 1.53 bits per heavy atom. The number of thiophene rings is 1. The topological polar surface area (TPSA) is 51.8 Å². The summed E-state index contributed by atoms with van der Waals surface area (Å²) in [6, 6.07) is 4.15. The lowest BCUT2D eigenvalue weighted by molar-refractivity contribution is 0.736. The van der Waals surface area contributed by atoms with Gasteiger partial charge in [0.15, 0.2) is 0 Å². The van der Waals surface area contributed by atoms with Gasteiger partial charge in [-0.25, -0.2) is 0 Å². The lowest BCUT2D eigenvalue weighted by Gasteiger charge is -2.07. The van der Waals surface area contributed by atoms with Gasteiger partial charge < -0.3 is 5.73 Å². The standard InChI is InChI=1S/C9H10BrN3S2/c1-5-9(15-13-12-5)7(11)4-6-2-3-8(10)14-6/h2-3,7H,4,11H2,1H3. The van der Waals surface area contributed by atoms with Gasteiger partial charge in [-0.05, 0) is 46.5 Å². The fourth-order valence-electron chi connectivity index (χ4n) is 1.35. The summed E-state index contributed by atoms with van der Waals surface area (Å²) in [7, 11) is 0. The molecule has 80 valence electrons. The summed E-state index contributed by atoms with van der Waals surface area (Å²) in [5, 5.41) is 3.97. The van der Waals surface area contributed by atoms with Crippen LogP contribution < -0.4 is 5.73 Å². The Kier molecular flexibility index (Phi) is 3.50. The van der Waals surface area contributed by atoms with E-state index in [9.17, 15) is 0 Å². The van der Waals surface area contributed by atoms with Gasteiger partial charge in [-0.2, -0.15) is 0 Å². The highest BCUT2D eigenvalue weighted by Crippen LogP contribution is 2.27. The van der Waals surface area contributed by atoms with Crippen molar-refractivity contribution in [3.63, 3.8) is 0 Å². The zero-order chi connectivity index (χ0) is 10.8. The van der Waals surface area contributed by atoms with Gasteiger partial charge in [0, 0.05) is 17.3 Å². The maximum Gasteiger partial charge on any atom is 0.0772 e. The molecule has 0 aliphatic heterocycles. The number of nitrogens with zero attached hydrogens (tertiary/aromatic N) is 2. The molecule has 0 spiro atoms. The van der Waals surface area contributed by atoms with Crippen molar-refractivity contribution in [2.45, 2.75) is 19.4 Å². The molecule has 2 aromatic heterocycles. The number of rotatable bonds is 3. The van der Waals surface area contributed by atoms with E-state index in [1.54, 1.807) is 11.3 Å². The lowest BCUT2D eigenvalue weighted by Crippen LogP contribution is -2.12. The first-order chi connectivity index (χ1) is 7.16. The van der Waals surface area contributed by atoms with Crippen molar-refractivity contribution in [2.24, 2.45) is 5.73 Å². The predicted molar refractivity (Wildman–Crippen MR) is 67.3 cm³/mol. The summed E-state index contributed by atoms with van der Waals surface area (Å²) in [5.41, 5.74) is 7.05. The van der Waals surface area contributed by atoms with Crippen LogP contribution in [-0.2, 0) is 6.42 Å². The van der Waals surface area contributed by atoms with Crippen LogP contribution in [0.4, 0.5) is 0 Å². The highest BCUT2D eigenvalue weighted by Gasteiger charge is 2.14. The quantitative estimate of drug-likeness (QED) is 0.948. The third kappa shape index (κ3) is 2.63. The van der Waals surface area contributed by atoms with Crippen molar-refractivity contribution < 1.29 is 0 Å². The van der Waals surface area contributed by atoms with Crippen LogP contribution in [-0.4, -0.2) is 9.59 Å². The molecule has 2 N–H and O–H groups in total. The number of aryl methyl sites for hydroxylation is 1. The minimum absolute atomic E-state index is 0.00977. The van der Waals surface area contributed by atoms with Gasteiger partial charge in [-0.3, -0.25) is 0 Å². The third-order valence-corrected chi connectivity index (χ3v) is 4.68. The van der Waals surface area contributed by atoms with Crippen LogP contribution in [0.1, 0.15) is 21.5 Å². The SMILES string of the molecule is Cc1nnsc1C(N)Cc1ccc(Br)s1. The molecule has 0 aliphatic carbocycles. The van der Waals surface area contributed by atoms with Crippen LogP contribution in [0.15, 0.2) is 15.9 Å². The van der Waals surface area contributed by atoms with Crippen LogP contribution in [0, 0.1) is 6.92 Å². The minimum atomic E-state index is 0.00977. The first-order valence-corrected chi connectivity index (χ1v) is 6.83. The Morgan fingerprint density at radius 3 is 2.87 bits per heavy atom. The average molecular weight is 304 g/mol. The Labute approximate surface area is 105 Å². The van der Waals surface area contributed by atoms with Gasteiger partial charge >= 0.3 is 0 Å². The number of nitrogens with two attached hydrogens (primary N) is 1. The van der Waals surface area contributed by atoms with Crippen molar-refractivity contribution in [1.82, 2.24) is 9.59 Å². The van der Waals surface area contributed by atoms with Crippen LogP contribution in [0.5, 0.6) is 0 Å². The van der Waals surface area contributed by atoms with E-state index >= 15 is 0 Å². The van der Waals surface area contributed by atoms with Gasteiger partial charge in [0.05, 0.1) is 14.4 Å². The normalized spacial score (nSPS) is 13.0. The molecule has 2 aromatic rings. The second kappa shape index (κ2) is 4.69. The maximum absolute atomic E-state index is 6.10. The summed E-state index contributed by atoms with van der Waals surface area (Å²) in [6.07, 6.45) is 0.848. The van der Waals surface area contributed by atoms with E-state index in [-0.39, 0.29) is 6.04 Å². The molecule has 2 heterocycles. The van der Waals surface area contributed by atoms with Gasteiger partial charge in [0.1, 0.15) is 0 Å². The highest BCUT2D eigenvalue weighted by atomic mass is 79.9. The van der Waals surface area contributed by atoms with E-state index in [0.29, 0.717) is 0 Å². The van der Waals surface area contributed by atoms with Gasteiger partial charge in [-0.15, -0.1) is 16.4 Å². The van der Waals surface area contributed by atoms with E-state index in [4.69, 9.17) is 5.73 Å². The summed E-state index contributed by atoms with van der Waals surface area (Å²) in [6.45, 7) is 1.95. The molecule has 0 saturated heterocycles. The number of hydrogen-bond acceptors (Lipinski definition) is 5. The highest BCUT2D eigenvalue weighted by molar-refractivity contribution is 9.11. The van der Waals surface area contributed by atoms with Crippen molar-refractivity contribution in [1.29, 1.82) is 0 Å². The molecule has 15 heavy (non-hydrogen) atoms. The zero-order valence-corrected chi connectivity index (χ0v) is 11.3. The van der Waals surface area contributed by atoms with Crippen LogP contribution in [0.2, 0.25) is 0 Å². The van der Waals surface area contributed by atoms with Crippen LogP contribution in [0.25, 0.3) is 0 Å². The molecule has 2 rings (SSSR count).